The Morgan fingerprint density at radius 3 is 2.39 bits per heavy atom. The molecule has 3 aliphatic carbocycles. The average molecular weight is 739 g/mol. The summed E-state index contributed by atoms with van der Waals surface area (Å²) in [5, 5.41) is 7.56. The highest BCUT2D eigenvalue weighted by atomic mass is 15.2. The molecule has 0 spiro atoms. The number of aromatic nitrogens is 1. The molecule has 1 aromatic heterocycles. The third kappa shape index (κ3) is 5.73. The highest BCUT2D eigenvalue weighted by Gasteiger charge is 2.36. The minimum Gasteiger partial charge on any atom is -0.328 e. The minimum atomic E-state index is -0.373. The van der Waals surface area contributed by atoms with Gasteiger partial charge in [-0.15, -0.1) is 0 Å². The van der Waals surface area contributed by atoms with E-state index in [2.05, 4.69) is 189 Å². The van der Waals surface area contributed by atoms with Crippen LogP contribution in [0.15, 0.2) is 168 Å². The van der Waals surface area contributed by atoms with Gasteiger partial charge < -0.3 is 9.88 Å². The van der Waals surface area contributed by atoms with Crippen LogP contribution in [0.3, 0.4) is 0 Å². The average Bonchev–Trinajstić information content (AvgIpc) is 3.58. The molecule has 10 rings (SSSR count). The van der Waals surface area contributed by atoms with Gasteiger partial charge in [-0.2, -0.15) is 0 Å². The molecule has 0 amide bonds. The maximum Gasteiger partial charge on any atom is 0.169 e. The number of rotatable bonds is 7. The maximum absolute atomic E-state index is 5.34. The first-order chi connectivity index (χ1) is 27.9. The normalized spacial score (nSPS) is 19.5. The van der Waals surface area contributed by atoms with Crippen LogP contribution in [-0.2, 0) is 5.41 Å². The Bertz CT molecular complexity index is 2830. The van der Waals surface area contributed by atoms with E-state index in [0.717, 1.165) is 47.8 Å². The number of hydrogen-bond donors (Lipinski definition) is 1. The molecular formula is C53H46N4. The molecule has 0 saturated heterocycles. The summed E-state index contributed by atoms with van der Waals surface area (Å²) in [5.41, 5.74) is 14.6. The van der Waals surface area contributed by atoms with Crippen molar-refractivity contribution in [3.63, 3.8) is 0 Å². The van der Waals surface area contributed by atoms with E-state index in [1.807, 2.05) is 6.08 Å². The van der Waals surface area contributed by atoms with E-state index in [-0.39, 0.29) is 17.5 Å². The molecule has 5 aromatic carbocycles. The van der Waals surface area contributed by atoms with Gasteiger partial charge in [-0.25, -0.2) is 9.98 Å². The molecule has 57 heavy (non-hydrogen) atoms. The summed E-state index contributed by atoms with van der Waals surface area (Å²) in [5.74, 6) is 1.97. The van der Waals surface area contributed by atoms with Gasteiger partial charge in [0.25, 0.3) is 0 Å². The SMILES string of the molecule is C=Cc1c(/C=C\C)c2c3c4c(cccc4cc2n1C1=CC(C2N=C(c4ccc(-c5ccccc5)cc4)NC(C4C=CC=CC4)=N2)=CCC1)C(C)(C)c1ccccc1-3. The van der Waals surface area contributed by atoms with Crippen molar-refractivity contribution in [1.82, 2.24) is 9.88 Å². The van der Waals surface area contributed by atoms with Gasteiger partial charge in [-0.1, -0.05) is 160 Å². The van der Waals surface area contributed by atoms with E-state index in [4.69, 9.17) is 9.98 Å². The predicted octanol–water partition coefficient (Wildman–Crippen LogP) is 12.9. The van der Waals surface area contributed by atoms with Gasteiger partial charge in [-0.3, -0.25) is 0 Å². The Morgan fingerprint density at radius 1 is 0.825 bits per heavy atom. The first kappa shape index (κ1) is 34.9. The number of aliphatic imine (C=N–C) groups is 2. The lowest BCUT2D eigenvalue weighted by atomic mass is 9.68. The second-order valence-corrected chi connectivity index (χ2v) is 16.0. The lowest BCUT2D eigenvalue weighted by molar-refractivity contribution is 0.645. The molecular weight excluding hydrogens is 693 g/mol. The highest BCUT2D eigenvalue weighted by molar-refractivity contribution is 6.19. The van der Waals surface area contributed by atoms with Crippen molar-refractivity contribution in [3.8, 4) is 22.3 Å². The zero-order valence-electron chi connectivity index (χ0n) is 32.8. The van der Waals surface area contributed by atoms with Crippen molar-refractivity contribution in [1.29, 1.82) is 0 Å². The lowest BCUT2D eigenvalue weighted by Crippen LogP contribution is -2.41. The zero-order chi connectivity index (χ0) is 38.7. The van der Waals surface area contributed by atoms with Crippen molar-refractivity contribution in [2.24, 2.45) is 15.9 Å². The Balaban J connectivity index is 1.13. The maximum atomic E-state index is 5.34. The number of hydrogen-bond acceptors (Lipinski definition) is 3. The number of allylic oxidation sites excluding steroid dienone is 6. The number of benzene rings is 5. The third-order valence-electron chi connectivity index (χ3n) is 12.3. The topological polar surface area (TPSA) is 41.7 Å². The Hall–Kier alpha value is -6.52. The molecule has 278 valence electrons. The third-order valence-corrected chi connectivity index (χ3v) is 12.3. The number of nitrogens with zero attached hydrogens (tertiary/aromatic N) is 3. The molecule has 4 aliphatic rings. The first-order valence-electron chi connectivity index (χ1n) is 20.3. The fourth-order valence-electron chi connectivity index (χ4n) is 9.55. The van der Waals surface area contributed by atoms with E-state index in [0.29, 0.717) is 0 Å². The van der Waals surface area contributed by atoms with E-state index >= 15 is 0 Å². The van der Waals surface area contributed by atoms with Crippen molar-refractivity contribution in [3.05, 3.63) is 186 Å². The molecule has 2 heterocycles. The van der Waals surface area contributed by atoms with Crippen LogP contribution in [-0.4, -0.2) is 22.4 Å². The summed E-state index contributed by atoms with van der Waals surface area (Å²) < 4.78 is 2.48. The Morgan fingerprint density at radius 2 is 1.60 bits per heavy atom. The fraction of sp³-hybridized carbons (Fsp3) is 0.170. The number of amidine groups is 2. The van der Waals surface area contributed by atoms with Crippen molar-refractivity contribution >= 4 is 51.2 Å². The van der Waals surface area contributed by atoms with Crippen LogP contribution in [0.2, 0.25) is 0 Å². The van der Waals surface area contributed by atoms with Crippen molar-refractivity contribution < 1.29 is 0 Å². The van der Waals surface area contributed by atoms with Crippen LogP contribution in [0.1, 0.15) is 68.0 Å². The second kappa shape index (κ2) is 13.9. The van der Waals surface area contributed by atoms with Crippen LogP contribution < -0.4 is 5.32 Å². The molecule has 6 aromatic rings. The summed E-state index contributed by atoms with van der Waals surface area (Å²) in [4.78, 5) is 10.7. The monoisotopic (exact) mass is 738 g/mol. The predicted molar refractivity (Wildman–Crippen MR) is 243 cm³/mol. The zero-order valence-corrected chi connectivity index (χ0v) is 32.8. The fourth-order valence-corrected chi connectivity index (χ4v) is 9.55. The van der Waals surface area contributed by atoms with Gasteiger partial charge in [0.15, 0.2) is 6.17 Å². The summed E-state index contributed by atoms with van der Waals surface area (Å²) in [6.07, 6.45) is 22.2. The first-order valence-corrected chi connectivity index (χ1v) is 20.3. The van der Waals surface area contributed by atoms with Crippen molar-refractivity contribution in [2.45, 2.75) is 51.6 Å². The van der Waals surface area contributed by atoms with Crippen LogP contribution in [0.25, 0.3) is 61.8 Å². The Kier molecular flexibility index (Phi) is 8.52. The molecule has 2 unspecified atom stereocenters. The molecule has 1 aliphatic heterocycles. The van der Waals surface area contributed by atoms with E-state index in [1.54, 1.807) is 0 Å². The summed E-state index contributed by atoms with van der Waals surface area (Å²) >= 11 is 0. The highest BCUT2D eigenvalue weighted by Crippen LogP contribution is 2.53. The van der Waals surface area contributed by atoms with Crippen molar-refractivity contribution in [2.75, 3.05) is 0 Å². The van der Waals surface area contributed by atoms with Gasteiger partial charge in [0.1, 0.15) is 11.7 Å². The number of nitrogens with one attached hydrogen (secondary N) is 1. The van der Waals surface area contributed by atoms with E-state index < -0.39 is 0 Å². The molecule has 1 N–H and O–H groups in total. The van der Waals surface area contributed by atoms with E-state index in [1.165, 1.54) is 66.3 Å². The van der Waals surface area contributed by atoms with Gasteiger partial charge >= 0.3 is 0 Å². The lowest BCUT2D eigenvalue weighted by Gasteiger charge is -2.35. The van der Waals surface area contributed by atoms with Crippen LogP contribution in [0.4, 0.5) is 0 Å². The largest absolute Gasteiger partial charge is 0.328 e. The minimum absolute atomic E-state index is 0.117. The van der Waals surface area contributed by atoms with Gasteiger partial charge in [-0.05, 0) is 88.6 Å². The summed E-state index contributed by atoms with van der Waals surface area (Å²) in [6.45, 7) is 11.3. The molecule has 0 saturated carbocycles. The standard InChI is InChI=1S/C53H46N4/c1-5-17-42-45(6-2)57(46-33-38-22-16-27-44-47(38)49(48(42)46)41-25-13-14-26-43(41)53(44,3)4)40-24-15-23-39(32-40)52-55-50(36-20-11-8-12-21-36)54-51(56-52)37-30-28-35(29-31-37)34-18-9-7-10-19-34/h5-14,16-20,22-23,25-33,36,52H,2,15,21,24H2,1,3-4H3,(H,54,55,56)/b17-5-. The summed E-state index contributed by atoms with van der Waals surface area (Å²) in [7, 11) is 0. The van der Waals surface area contributed by atoms with Crippen LogP contribution in [0.5, 0.6) is 0 Å². The molecule has 0 bridgehead atoms. The quantitative estimate of drug-likeness (QED) is 0.174. The van der Waals surface area contributed by atoms with E-state index in [9.17, 15) is 0 Å². The second-order valence-electron chi connectivity index (χ2n) is 16.0. The Labute approximate surface area is 335 Å². The van der Waals surface area contributed by atoms with Crippen LogP contribution in [0, 0.1) is 5.92 Å². The van der Waals surface area contributed by atoms with Gasteiger partial charge in [0, 0.05) is 39.1 Å². The molecule has 0 radical (unpaired) electrons. The van der Waals surface area contributed by atoms with Crippen LogP contribution >= 0.6 is 0 Å². The summed E-state index contributed by atoms with van der Waals surface area (Å²) in [6, 6.07) is 37.5. The smallest absolute Gasteiger partial charge is 0.169 e. The molecule has 0 fully saturated rings. The van der Waals surface area contributed by atoms with Gasteiger partial charge in [0.05, 0.1) is 11.2 Å². The molecule has 2 atom stereocenters. The van der Waals surface area contributed by atoms with Gasteiger partial charge in [0.2, 0.25) is 0 Å². The number of fused-ring (bicyclic) bond motifs is 4. The molecule has 4 nitrogen and oxygen atoms in total. The molecule has 4 heteroatoms.